The van der Waals surface area contributed by atoms with Crippen LogP contribution in [0.3, 0.4) is 0 Å². The average Bonchev–Trinajstić information content (AvgIpc) is 2.98. The van der Waals surface area contributed by atoms with Crippen LogP contribution in [0, 0.1) is 0 Å². The number of nitrogens with zero attached hydrogens (tertiary/aromatic N) is 1. The second kappa shape index (κ2) is 7.95. The molecule has 6 nitrogen and oxygen atoms in total. The molecule has 6 heteroatoms. The predicted octanol–water partition coefficient (Wildman–Crippen LogP) is 1.16. The maximum absolute atomic E-state index is 12.6. The molecule has 1 aliphatic rings. The molecule has 1 aromatic rings. The van der Waals surface area contributed by atoms with Gasteiger partial charge < -0.3 is 15.3 Å². The van der Waals surface area contributed by atoms with Crippen LogP contribution >= 0.6 is 0 Å². The fraction of sp³-hybridized carbons (Fsp3) is 0.500. The molecule has 2 amide bonds. The number of carbonyl (C=O) groups excluding carboxylic acids is 2. The highest BCUT2D eigenvalue weighted by Crippen LogP contribution is 2.23. The van der Waals surface area contributed by atoms with Crippen molar-refractivity contribution in [2.24, 2.45) is 0 Å². The van der Waals surface area contributed by atoms with E-state index in [1.165, 1.54) is 29.9 Å². The molecule has 0 bridgehead atoms. The Labute approximate surface area is 141 Å². The van der Waals surface area contributed by atoms with E-state index in [2.05, 4.69) is 17.4 Å². The summed E-state index contributed by atoms with van der Waals surface area (Å²) in [5.74, 6) is -1.50. The predicted molar refractivity (Wildman–Crippen MR) is 89.7 cm³/mol. The summed E-state index contributed by atoms with van der Waals surface area (Å²) in [4.78, 5) is 36.1. The van der Waals surface area contributed by atoms with Gasteiger partial charge in [0.2, 0.25) is 11.8 Å². The van der Waals surface area contributed by atoms with Gasteiger partial charge in [0, 0.05) is 20.0 Å². The molecule has 24 heavy (non-hydrogen) atoms. The minimum atomic E-state index is -1.06. The maximum atomic E-state index is 12.6. The fourth-order valence-corrected chi connectivity index (χ4v) is 3.03. The van der Waals surface area contributed by atoms with E-state index in [1.54, 1.807) is 0 Å². The first kappa shape index (κ1) is 18.0. The van der Waals surface area contributed by atoms with Crippen LogP contribution in [0.25, 0.3) is 0 Å². The molecule has 1 atom stereocenters. The number of benzene rings is 1. The zero-order valence-electron chi connectivity index (χ0n) is 14.2. The number of hydrogen-bond acceptors (Lipinski definition) is 3. The maximum Gasteiger partial charge on any atom is 0.326 e. The topological polar surface area (TPSA) is 86.7 Å². The van der Waals surface area contributed by atoms with Crippen molar-refractivity contribution in [3.63, 3.8) is 0 Å². The number of aryl methyl sites for hydroxylation is 2. The second-order valence-corrected chi connectivity index (χ2v) is 6.22. The van der Waals surface area contributed by atoms with E-state index >= 15 is 0 Å². The lowest BCUT2D eigenvalue weighted by atomic mass is 10.0. The molecular formula is C18H24N2O4. The van der Waals surface area contributed by atoms with Crippen LogP contribution in [0.5, 0.6) is 0 Å². The number of carboxylic acids is 1. The van der Waals surface area contributed by atoms with E-state index in [-0.39, 0.29) is 31.3 Å². The van der Waals surface area contributed by atoms with Crippen molar-refractivity contribution in [3.05, 3.63) is 34.9 Å². The van der Waals surface area contributed by atoms with E-state index < -0.39 is 12.0 Å². The molecule has 0 fully saturated rings. The number of rotatable bonds is 7. The van der Waals surface area contributed by atoms with Crippen molar-refractivity contribution in [1.82, 2.24) is 10.2 Å². The number of amides is 2. The third-order valence-corrected chi connectivity index (χ3v) is 4.39. The number of nitrogens with one attached hydrogen (secondary N) is 1. The molecule has 0 saturated carbocycles. The zero-order valence-corrected chi connectivity index (χ0v) is 14.2. The summed E-state index contributed by atoms with van der Waals surface area (Å²) in [6, 6.07) is 5.13. The van der Waals surface area contributed by atoms with E-state index in [9.17, 15) is 19.5 Å². The van der Waals surface area contributed by atoms with Gasteiger partial charge in [0.1, 0.15) is 6.04 Å². The van der Waals surface area contributed by atoms with Gasteiger partial charge in [0.25, 0.3) is 0 Å². The Kier molecular flexibility index (Phi) is 5.95. The molecule has 1 aromatic carbocycles. The van der Waals surface area contributed by atoms with Gasteiger partial charge in [0.05, 0.1) is 6.42 Å². The van der Waals surface area contributed by atoms with Crippen LogP contribution < -0.4 is 5.32 Å². The highest BCUT2D eigenvalue weighted by molar-refractivity contribution is 5.85. The van der Waals surface area contributed by atoms with Crippen LogP contribution in [0.4, 0.5) is 0 Å². The standard InChI is InChI=1S/C18H24N2O4/c1-12(18(23)24)20(9-8-19-13(2)21)17(22)11-14-6-7-15-4-3-5-16(15)10-14/h6-7,10,12H,3-5,8-9,11H2,1-2H3,(H,19,21)(H,23,24). The molecule has 130 valence electrons. The minimum absolute atomic E-state index is 0.172. The summed E-state index contributed by atoms with van der Waals surface area (Å²) in [5, 5.41) is 11.8. The molecule has 0 spiro atoms. The average molecular weight is 332 g/mol. The molecule has 1 unspecified atom stereocenters. The quantitative estimate of drug-likeness (QED) is 0.784. The summed E-state index contributed by atoms with van der Waals surface area (Å²) in [7, 11) is 0. The van der Waals surface area contributed by atoms with Crippen molar-refractivity contribution in [3.8, 4) is 0 Å². The summed E-state index contributed by atoms with van der Waals surface area (Å²) in [5.41, 5.74) is 3.53. The largest absolute Gasteiger partial charge is 0.480 e. The second-order valence-electron chi connectivity index (χ2n) is 6.22. The Morgan fingerprint density at radius 2 is 1.96 bits per heavy atom. The van der Waals surface area contributed by atoms with Gasteiger partial charge in [-0.2, -0.15) is 0 Å². The lowest BCUT2D eigenvalue weighted by Crippen LogP contribution is -2.47. The number of hydrogen-bond donors (Lipinski definition) is 2. The Morgan fingerprint density at radius 1 is 1.25 bits per heavy atom. The van der Waals surface area contributed by atoms with Gasteiger partial charge >= 0.3 is 5.97 Å². The van der Waals surface area contributed by atoms with Gasteiger partial charge in [-0.1, -0.05) is 18.2 Å². The van der Waals surface area contributed by atoms with Gasteiger partial charge in [0.15, 0.2) is 0 Å². The third-order valence-electron chi connectivity index (χ3n) is 4.39. The van der Waals surface area contributed by atoms with Crippen molar-refractivity contribution in [2.75, 3.05) is 13.1 Å². The minimum Gasteiger partial charge on any atom is -0.480 e. The monoisotopic (exact) mass is 332 g/mol. The van der Waals surface area contributed by atoms with Gasteiger partial charge in [-0.3, -0.25) is 9.59 Å². The Bertz CT molecular complexity index is 642. The summed E-state index contributed by atoms with van der Waals surface area (Å²) >= 11 is 0. The SMILES string of the molecule is CC(=O)NCCN(C(=O)Cc1ccc2c(c1)CCC2)C(C)C(=O)O. The smallest absolute Gasteiger partial charge is 0.326 e. The first-order valence-electron chi connectivity index (χ1n) is 8.26. The molecule has 2 rings (SSSR count). The highest BCUT2D eigenvalue weighted by Gasteiger charge is 2.25. The zero-order chi connectivity index (χ0) is 17.7. The summed E-state index contributed by atoms with van der Waals surface area (Å²) < 4.78 is 0. The van der Waals surface area contributed by atoms with Crippen molar-refractivity contribution < 1.29 is 19.5 Å². The van der Waals surface area contributed by atoms with E-state index in [0.717, 1.165) is 24.8 Å². The number of carboxylic acid groups (broad SMARTS) is 1. The van der Waals surface area contributed by atoms with Crippen LogP contribution in [0.1, 0.15) is 37.0 Å². The molecule has 0 heterocycles. The van der Waals surface area contributed by atoms with E-state index in [1.807, 2.05) is 6.07 Å². The lowest BCUT2D eigenvalue weighted by molar-refractivity contribution is -0.149. The van der Waals surface area contributed by atoms with Gasteiger partial charge in [-0.05, 0) is 42.9 Å². The number of aliphatic carboxylic acids is 1. The molecule has 0 aromatic heterocycles. The first-order valence-corrected chi connectivity index (χ1v) is 8.26. The normalized spacial score (nSPS) is 13.9. The molecule has 0 radical (unpaired) electrons. The first-order chi connectivity index (χ1) is 11.4. The molecular weight excluding hydrogens is 308 g/mol. The fourth-order valence-electron chi connectivity index (χ4n) is 3.03. The van der Waals surface area contributed by atoms with Crippen LogP contribution in [0.15, 0.2) is 18.2 Å². The molecule has 0 saturated heterocycles. The van der Waals surface area contributed by atoms with Crippen molar-refractivity contribution in [2.45, 2.75) is 45.6 Å². The lowest BCUT2D eigenvalue weighted by Gasteiger charge is -2.26. The Hall–Kier alpha value is -2.37. The van der Waals surface area contributed by atoms with Crippen LogP contribution in [-0.2, 0) is 33.6 Å². The van der Waals surface area contributed by atoms with Crippen LogP contribution in [-0.4, -0.2) is 46.9 Å². The van der Waals surface area contributed by atoms with Crippen molar-refractivity contribution >= 4 is 17.8 Å². The third kappa shape index (κ3) is 4.57. The van der Waals surface area contributed by atoms with E-state index in [0.29, 0.717) is 0 Å². The number of fused-ring (bicyclic) bond motifs is 1. The number of carbonyl (C=O) groups is 3. The van der Waals surface area contributed by atoms with Crippen LogP contribution in [0.2, 0.25) is 0 Å². The van der Waals surface area contributed by atoms with Gasteiger partial charge in [-0.15, -0.1) is 0 Å². The molecule has 0 aliphatic heterocycles. The Morgan fingerprint density at radius 3 is 2.62 bits per heavy atom. The summed E-state index contributed by atoms with van der Waals surface area (Å²) in [6.45, 7) is 3.29. The van der Waals surface area contributed by atoms with E-state index in [4.69, 9.17) is 0 Å². The molecule has 1 aliphatic carbocycles. The Balaban J connectivity index is 2.05. The van der Waals surface area contributed by atoms with Crippen molar-refractivity contribution in [1.29, 1.82) is 0 Å². The molecule has 2 N–H and O–H groups in total. The van der Waals surface area contributed by atoms with Gasteiger partial charge in [-0.25, -0.2) is 4.79 Å². The highest BCUT2D eigenvalue weighted by atomic mass is 16.4. The summed E-state index contributed by atoms with van der Waals surface area (Å²) in [6.07, 6.45) is 3.44.